The number of nitrogens with zero attached hydrogens (tertiary/aromatic N) is 1. The van der Waals surface area contributed by atoms with Crippen molar-refractivity contribution in [1.29, 1.82) is 0 Å². The minimum absolute atomic E-state index is 0.119. The zero-order valence-corrected chi connectivity index (χ0v) is 17.1. The Morgan fingerprint density at radius 3 is 2.64 bits per heavy atom. The number of aliphatic imine (C=N–C) groups is 1. The Labute approximate surface area is 167 Å². The number of carbonyl (C=O) groups excluding carboxylic acids is 1. The van der Waals surface area contributed by atoms with E-state index >= 15 is 0 Å². The molecule has 5 nitrogen and oxygen atoms in total. The Kier molecular flexibility index (Phi) is 6.47. The van der Waals surface area contributed by atoms with Gasteiger partial charge in [-0.05, 0) is 81.0 Å². The quantitative estimate of drug-likeness (QED) is 0.615. The normalized spacial score (nSPS) is 16.9. The van der Waals surface area contributed by atoms with Crippen LogP contribution in [-0.4, -0.2) is 31.1 Å². The number of nitrogens with one attached hydrogen (secondary N) is 2. The van der Waals surface area contributed by atoms with Crippen LogP contribution in [0.1, 0.15) is 45.5 Å². The molecule has 1 aliphatic rings. The number of hydrogen-bond acceptors (Lipinski definition) is 3. The molecule has 1 fully saturated rings. The van der Waals surface area contributed by atoms with Gasteiger partial charge in [-0.2, -0.15) is 0 Å². The van der Waals surface area contributed by atoms with Crippen LogP contribution in [0.25, 0.3) is 0 Å². The zero-order valence-electron chi connectivity index (χ0n) is 17.1. The molecular weight excluding hydrogens is 350 g/mol. The van der Waals surface area contributed by atoms with Crippen LogP contribution in [0.4, 0.5) is 5.69 Å². The highest BCUT2D eigenvalue weighted by Gasteiger charge is 2.16. The molecule has 0 aliphatic carbocycles. The average molecular weight is 380 g/mol. The zero-order chi connectivity index (χ0) is 20.1. The molecule has 3 rings (SSSR count). The van der Waals surface area contributed by atoms with Crippen LogP contribution >= 0.6 is 0 Å². The Hall–Kier alpha value is -2.66. The molecule has 2 N–H and O–H groups in total. The van der Waals surface area contributed by atoms with Crippen molar-refractivity contribution in [2.45, 2.75) is 46.6 Å². The van der Waals surface area contributed by atoms with Gasteiger partial charge in [-0.25, -0.2) is 4.99 Å². The summed E-state index contributed by atoms with van der Waals surface area (Å²) < 4.78 is 5.67. The number of anilines is 1. The second kappa shape index (κ2) is 9.02. The lowest BCUT2D eigenvalue weighted by molar-refractivity contribution is 0.0975. The first-order valence-corrected chi connectivity index (χ1v) is 9.82. The van der Waals surface area contributed by atoms with Gasteiger partial charge in [-0.15, -0.1) is 0 Å². The number of aryl methyl sites for hydroxylation is 3. The topological polar surface area (TPSA) is 62.7 Å². The van der Waals surface area contributed by atoms with E-state index < -0.39 is 0 Å². The van der Waals surface area contributed by atoms with E-state index in [0.29, 0.717) is 18.1 Å². The van der Waals surface area contributed by atoms with Gasteiger partial charge < -0.3 is 10.1 Å². The summed E-state index contributed by atoms with van der Waals surface area (Å²) in [5, 5.41) is 6.24. The third-order valence-electron chi connectivity index (χ3n) is 5.34. The second-order valence-electron chi connectivity index (χ2n) is 7.45. The monoisotopic (exact) mass is 379 g/mol. The first-order valence-electron chi connectivity index (χ1n) is 9.82. The third-order valence-corrected chi connectivity index (χ3v) is 5.34. The van der Waals surface area contributed by atoms with Crippen LogP contribution in [0.2, 0.25) is 0 Å². The number of rotatable bonds is 4. The highest BCUT2D eigenvalue weighted by atomic mass is 16.5. The molecule has 0 saturated carbocycles. The molecule has 0 bridgehead atoms. The van der Waals surface area contributed by atoms with Gasteiger partial charge in [0.25, 0.3) is 5.91 Å². The predicted octanol–water partition coefficient (Wildman–Crippen LogP) is 4.30. The lowest BCUT2D eigenvalue weighted by Gasteiger charge is -2.16. The molecule has 0 radical (unpaired) electrons. The lowest BCUT2D eigenvalue weighted by Crippen LogP contribution is -2.37. The molecule has 1 amide bonds. The van der Waals surface area contributed by atoms with Gasteiger partial charge in [0, 0.05) is 17.9 Å². The molecule has 1 heterocycles. The van der Waals surface area contributed by atoms with E-state index in [2.05, 4.69) is 35.5 Å². The molecule has 1 saturated heterocycles. The van der Waals surface area contributed by atoms with Crippen molar-refractivity contribution in [1.82, 2.24) is 5.32 Å². The minimum atomic E-state index is -0.174. The molecule has 0 aromatic heterocycles. The van der Waals surface area contributed by atoms with Crippen molar-refractivity contribution in [2.75, 3.05) is 18.5 Å². The van der Waals surface area contributed by atoms with Crippen LogP contribution in [0, 0.1) is 27.7 Å². The van der Waals surface area contributed by atoms with E-state index in [1.54, 1.807) is 0 Å². The molecule has 5 heteroatoms. The van der Waals surface area contributed by atoms with Gasteiger partial charge in [0.05, 0.1) is 12.6 Å². The smallest absolute Gasteiger partial charge is 0.257 e. The molecule has 28 heavy (non-hydrogen) atoms. The van der Waals surface area contributed by atoms with E-state index in [9.17, 15) is 4.79 Å². The van der Waals surface area contributed by atoms with Gasteiger partial charge in [0.1, 0.15) is 0 Å². The summed E-state index contributed by atoms with van der Waals surface area (Å²) in [6.07, 6.45) is 2.19. The Morgan fingerprint density at radius 2 is 1.93 bits per heavy atom. The Bertz CT molecular complexity index is 883. The fourth-order valence-corrected chi connectivity index (χ4v) is 3.17. The third kappa shape index (κ3) is 4.98. The first-order chi connectivity index (χ1) is 13.4. The van der Waals surface area contributed by atoms with E-state index in [0.717, 1.165) is 41.8 Å². The van der Waals surface area contributed by atoms with E-state index in [1.165, 1.54) is 5.56 Å². The largest absolute Gasteiger partial charge is 0.376 e. The summed E-state index contributed by atoms with van der Waals surface area (Å²) in [6.45, 7) is 9.48. The summed E-state index contributed by atoms with van der Waals surface area (Å²) in [4.78, 5) is 17.4. The van der Waals surface area contributed by atoms with Crippen molar-refractivity contribution >= 4 is 17.6 Å². The summed E-state index contributed by atoms with van der Waals surface area (Å²) >= 11 is 0. The molecule has 0 spiro atoms. The number of benzene rings is 2. The van der Waals surface area contributed by atoms with Crippen LogP contribution < -0.4 is 10.6 Å². The van der Waals surface area contributed by atoms with Gasteiger partial charge in [0.15, 0.2) is 0 Å². The maximum Gasteiger partial charge on any atom is 0.257 e. The molecule has 2 aromatic carbocycles. The number of ether oxygens (including phenoxy) is 1. The molecular formula is C23H29N3O2. The molecule has 1 aliphatic heterocycles. The van der Waals surface area contributed by atoms with E-state index in [-0.39, 0.29) is 12.0 Å². The lowest BCUT2D eigenvalue weighted by atomic mass is 10.1. The van der Waals surface area contributed by atoms with Gasteiger partial charge >= 0.3 is 0 Å². The number of carbonyl (C=O) groups is 1. The van der Waals surface area contributed by atoms with Crippen LogP contribution in [0.5, 0.6) is 0 Å². The van der Waals surface area contributed by atoms with Gasteiger partial charge in [0.2, 0.25) is 5.96 Å². The van der Waals surface area contributed by atoms with Crippen LogP contribution in [0.3, 0.4) is 0 Å². The van der Waals surface area contributed by atoms with Crippen LogP contribution in [-0.2, 0) is 4.74 Å². The first kappa shape index (κ1) is 20.1. The predicted molar refractivity (Wildman–Crippen MR) is 114 cm³/mol. The number of amides is 1. The van der Waals surface area contributed by atoms with Gasteiger partial charge in [-0.3, -0.25) is 10.1 Å². The second-order valence-corrected chi connectivity index (χ2v) is 7.45. The van der Waals surface area contributed by atoms with Crippen molar-refractivity contribution in [3.05, 3.63) is 64.2 Å². The minimum Gasteiger partial charge on any atom is -0.376 e. The van der Waals surface area contributed by atoms with Gasteiger partial charge in [-0.1, -0.05) is 18.2 Å². The molecule has 148 valence electrons. The van der Waals surface area contributed by atoms with Crippen molar-refractivity contribution in [3.8, 4) is 0 Å². The van der Waals surface area contributed by atoms with E-state index in [4.69, 9.17) is 4.74 Å². The number of hydrogen-bond donors (Lipinski definition) is 2. The molecule has 2 aromatic rings. The fraction of sp³-hybridized carbons (Fsp3) is 0.391. The fourth-order valence-electron chi connectivity index (χ4n) is 3.17. The summed E-state index contributed by atoms with van der Waals surface area (Å²) in [6, 6.07) is 11.8. The molecule has 1 unspecified atom stereocenters. The van der Waals surface area contributed by atoms with Crippen molar-refractivity contribution in [2.24, 2.45) is 4.99 Å². The highest BCUT2D eigenvalue weighted by molar-refractivity contribution is 6.10. The SMILES string of the molecule is Cc1ccc(C(=O)NC(=NCC2CCCO2)Nc2cccc(C)c2C)cc1C. The molecule has 1 atom stereocenters. The standard InChI is InChI=1S/C23H29N3O2/c1-15-10-11-19(13-17(15)3)22(27)26-23(24-14-20-8-6-12-28-20)25-21-9-5-7-16(2)18(21)4/h5,7,9-11,13,20H,6,8,12,14H2,1-4H3,(H2,24,25,26,27). The maximum atomic E-state index is 12.8. The van der Waals surface area contributed by atoms with Crippen LogP contribution in [0.15, 0.2) is 41.4 Å². The Morgan fingerprint density at radius 1 is 1.11 bits per heavy atom. The summed E-state index contributed by atoms with van der Waals surface area (Å²) in [5.74, 6) is 0.277. The highest BCUT2D eigenvalue weighted by Crippen LogP contribution is 2.18. The average Bonchev–Trinajstić information content (AvgIpc) is 3.19. The van der Waals surface area contributed by atoms with E-state index in [1.807, 2.05) is 44.2 Å². The Balaban J connectivity index is 1.80. The summed E-state index contributed by atoms with van der Waals surface area (Å²) in [7, 11) is 0. The number of guanidine groups is 1. The maximum absolute atomic E-state index is 12.8. The summed E-state index contributed by atoms with van der Waals surface area (Å²) in [5.41, 5.74) is 6.13. The van der Waals surface area contributed by atoms with Crippen molar-refractivity contribution in [3.63, 3.8) is 0 Å². The van der Waals surface area contributed by atoms with Crippen molar-refractivity contribution < 1.29 is 9.53 Å².